The van der Waals surface area contributed by atoms with E-state index in [1.54, 1.807) is 0 Å². The topological polar surface area (TPSA) is 121 Å². The molecular weight excluding hydrogens is 437 g/mol. The Hall–Kier alpha value is 0.500. The molecule has 0 radical (unpaired) electrons. The van der Waals surface area contributed by atoms with Gasteiger partial charge >= 0.3 is 43.0 Å². The third-order valence-corrected chi connectivity index (χ3v) is 2.50. The molecule has 2 aromatic carbocycles. The molecule has 0 bridgehead atoms. The molecule has 6 nitrogen and oxygen atoms in total. The van der Waals surface area contributed by atoms with Crippen LogP contribution in [0.4, 0.5) is 0 Å². The van der Waals surface area contributed by atoms with Gasteiger partial charge in [0, 0.05) is 0 Å². The first-order valence-electron chi connectivity index (χ1n) is 7.51. The molecule has 0 aliphatic rings. The first kappa shape index (κ1) is 32.2. The molecule has 0 aliphatic heterocycles. The van der Waals surface area contributed by atoms with Gasteiger partial charge in [-0.05, 0) is 47.6 Å². The van der Waals surface area contributed by atoms with Gasteiger partial charge in [-0.3, -0.25) is 0 Å². The zero-order valence-corrected chi connectivity index (χ0v) is 21.0. The molecule has 2 rings (SSSR count). The van der Waals surface area contributed by atoms with E-state index in [4.69, 9.17) is 29.4 Å². The third-order valence-electron chi connectivity index (χ3n) is 2.50. The zero-order chi connectivity index (χ0) is 20.6. The van der Waals surface area contributed by atoms with Crippen molar-refractivity contribution in [3.8, 4) is 0 Å². The van der Waals surface area contributed by atoms with Crippen molar-refractivity contribution in [3.63, 3.8) is 0 Å². The summed E-state index contributed by atoms with van der Waals surface area (Å²) in [5.74, 6) is 0. The summed E-state index contributed by atoms with van der Waals surface area (Å²) in [7, 11) is 0. The van der Waals surface area contributed by atoms with Crippen molar-refractivity contribution in [1.82, 2.24) is 0 Å². The summed E-state index contributed by atoms with van der Waals surface area (Å²) in [4.78, 5) is 45.3. The minimum absolute atomic E-state index is 0. The SMILES string of the molecule is CCc1ccccc1.CCc1ccccc1.OP(O)(O)=S.OP(O)(O)=S.[H-].[Na+]. The molecule has 0 spiro atoms. The molecule has 150 valence electrons. The Bertz CT molecular complexity index is 595. The van der Waals surface area contributed by atoms with Crippen LogP contribution in [0.15, 0.2) is 60.7 Å². The molecule has 2 aromatic rings. The van der Waals surface area contributed by atoms with Gasteiger partial charge in [-0.25, -0.2) is 0 Å². The molecule has 27 heavy (non-hydrogen) atoms. The van der Waals surface area contributed by atoms with Gasteiger partial charge in [-0.1, -0.05) is 74.5 Å². The minimum atomic E-state index is -3.81. The molecule has 0 amide bonds. The molecule has 0 aliphatic carbocycles. The smallest absolute Gasteiger partial charge is 1.00 e. The van der Waals surface area contributed by atoms with Crippen molar-refractivity contribution in [1.29, 1.82) is 0 Å². The van der Waals surface area contributed by atoms with E-state index in [1.165, 1.54) is 11.1 Å². The fourth-order valence-electron chi connectivity index (χ4n) is 1.43. The van der Waals surface area contributed by atoms with Crippen LogP contribution in [0.1, 0.15) is 26.4 Å². The van der Waals surface area contributed by atoms with Crippen molar-refractivity contribution in [2.75, 3.05) is 0 Å². The van der Waals surface area contributed by atoms with E-state index in [-0.39, 0.29) is 31.0 Å². The van der Waals surface area contributed by atoms with Gasteiger partial charge in [0.2, 0.25) is 0 Å². The number of hydrogen-bond donors (Lipinski definition) is 6. The Morgan fingerprint density at radius 1 is 0.630 bits per heavy atom. The molecule has 0 atom stereocenters. The maximum atomic E-state index is 7.56. The van der Waals surface area contributed by atoms with Gasteiger partial charge in [-0.15, -0.1) is 0 Å². The van der Waals surface area contributed by atoms with Crippen LogP contribution in [0, 0.1) is 0 Å². The van der Waals surface area contributed by atoms with Gasteiger partial charge in [0.05, 0.1) is 0 Å². The van der Waals surface area contributed by atoms with Crippen LogP contribution in [0.25, 0.3) is 0 Å². The van der Waals surface area contributed by atoms with Gasteiger partial charge in [0.1, 0.15) is 0 Å². The number of benzene rings is 2. The predicted octanol–water partition coefficient (Wildman–Crippen LogP) is -0.00990. The number of rotatable bonds is 2. The first-order chi connectivity index (χ1) is 11.9. The van der Waals surface area contributed by atoms with E-state index in [2.05, 4.69) is 86.0 Å². The molecule has 6 N–H and O–H groups in total. The molecule has 11 heteroatoms. The summed E-state index contributed by atoms with van der Waals surface area (Å²) >= 11 is 7.21. The van der Waals surface area contributed by atoms with Crippen LogP contribution in [-0.4, -0.2) is 29.4 Å². The van der Waals surface area contributed by atoms with E-state index in [9.17, 15) is 0 Å². The normalized spacial score (nSPS) is 9.78. The van der Waals surface area contributed by atoms with Crippen LogP contribution in [-0.2, 0) is 36.5 Å². The van der Waals surface area contributed by atoms with E-state index in [0.717, 1.165) is 12.8 Å². The second-order valence-corrected chi connectivity index (χ2v) is 9.70. The maximum Gasteiger partial charge on any atom is 1.00 e. The Balaban J connectivity index is -0.000000138. The molecule has 0 unspecified atom stereocenters. The average molecular weight is 464 g/mol. The molecule has 0 fully saturated rings. The Labute approximate surface area is 194 Å². The largest absolute Gasteiger partial charge is 1.00 e. The molecule has 0 aromatic heterocycles. The van der Waals surface area contributed by atoms with Crippen molar-refractivity contribution in [2.45, 2.75) is 26.7 Å². The molecular formula is C16H27NaO6P2S2. The summed E-state index contributed by atoms with van der Waals surface area (Å²) in [6.45, 7) is -3.29. The Kier molecular flexibility index (Phi) is 22.1. The second-order valence-electron chi connectivity index (χ2n) is 4.70. The fourth-order valence-corrected chi connectivity index (χ4v) is 1.43. The summed E-state index contributed by atoms with van der Waals surface area (Å²) in [5.41, 5.74) is 2.82. The average Bonchev–Trinajstić information content (AvgIpc) is 2.54. The molecule has 0 saturated carbocycles. The zero-order valence-electron chi connectivity index (χ0n) is 16.6. The van der Waals surface area contributed by atoms with Crippen LogP contribution < -0.4 is 29.6 Å². The number of aryl methyl sites for hydroxylation is 2. The van der Waals surface area contributed by atoms with E-state index in [0.29, 0.717) is 0 Å². The van der Waals surface area contributed by atoms with Crippen LogP contribution in [0.5, 0.6) is 0 Å². The fraction of sp³-hybridized carbons (Fsp3) is 0.250. The van der Waals surface area contributed by atoms with Gasteiger partial charge < -0.3 is 30.8 Å². The van der Waals surface area contributed by atoms with Crippen LogP contribution in [0.2, 0.25) is 0 Å². The quantitative estimate of drug-likeness (QED) is 0.271. The van der Waals surface area contributed by atoms with Crippen molar-refractivity contribution >= 4 is 37.1 Å². The molecule has 0 heterocycles. The van der Waals surface area contributed by atoms with Gasteiger partial charge in [-0.2, -0.15) is 0 Å². The summed E-state index contributed by atoms with van der Waals surface area (Å²) in [6.07, 6.45) is 2.28. The van der Waals surface area contributed by atoms with Gasteiger partial charge in [0.25, 0.3) is 0 Å². The summed E-state index contributed by atoms with van der Waals surface area (Å²) in [6, 6.07) is 20.9. The van der Waals surface area contributed by atoms with Crippen molar-refractivity contribution < 1.29 is 60.3 Å². The minimum Gasteiger partial charge on any atom is -1.00 e. The van der Waals surface area contributed by atoms with Crippen molar-refractivity contribution in [3.05, 3.63) is 71.8 Å². The van der Waals surface area contributed by atoms with Crippen molar-refractivity contribution in [2.24, 2.45) is 0 Å². The number of hydrogen-bond acceptors (Lipinski definition) is 2. The standard InChI is InChI=1S/2C8H10.Na.2H3O3PS.H/c2*1-2-8-6-4-3-5-7-8;;2*1-4(2,3)5;/h2*3-7H,2H2,1H3;;2*(H3,1,2,3,5);/q;;+1;;;-1. The van der Waals surface area contributed by atoms with Crippen LogP contribution in [0.3, 0.4) is 0 Å². The van der Waals surface area contributed by atoms with E-state index in [1.807, 2.05) is 12.1 Å². The van der Waals surface area contributed by atoms with Gasteiger partial charge in [0.15, 0.2) is 0 Å². The van der Waals surface area contributed by atoms with Crippen LogP contribution >= 0.6 is 13.4 Å². The summed E-state index contributed by atoms with van der Waals surface area (Å²) in [5, 5.41) is 0. The second kappa shape index (κ2) is 18.5. The maximum absolute atomic E-state index is 7.56. The molecule has 0 saturated heterocycles. The first-order valence-corrected chi connectivity index (χ1v) is 12.8. The Morgan fingerprint density at radius 2 is 0.815 bits per heavy atom. The monoisotopic (exact) mass is 464 g/mol. The third kappa shape index (κ3) is 37.9. The summed E-state index contributed by atoms with van der Waals surface area (Å²) < 4.78 is 0. The van der Waals surface area contributed by atoms with E-state index >= 15 is 0 Å². The predicted molar refractivity (Wildman–Crippen MR) is 115 cm³/mol. The Morgan fingerprint density at radius 3 is 0.926 bits per heavy atom. The van der Waals surface area contributed by atoms with E-state index < -0.39 is 13.4 Å².